The molecule has 0 spiro atoms. The number of nitrogens with one attached hydrogen (secondary N) is 1. The highest BCUT2D eigenvalue weighted by atomic mass is 16.5. The number of hydrogen-bond donors (Lipinski definition) is 2. The maximum Gasteiger partial charge on any atom is 0.249 e. The van der Waals surface area contributed by atoms with E-state index in [4.69, 9.17) is 4.74 Å². The van der Waals surface area contributed by atoms with Crippen LogP contribution in [0.25, 0.3) is 0 Å². The first kappa shape index (κ1) is 17.2. The Kier molecular flexibility index (Phi) is 5.68. The van der Waals surface area contributed by atoms with Gasteiger partial charge in [0.1, 0.15) is 6.10 Å². The summed E-state index contributed by atoms with van der Waals surface area (Å²) in [6.45, 7) is 5.09. The highest BCUT2D eigenvalue weighted by Gasteiger charge is 2.32. The monoisotopic (exact) mass is 333 g/mol. The molecular formula is C18H27N3O3. The standard InChI is InChI=1S/C18H27N3O3/c1-2-24-16-5-3-4-15(19-16)12-21-10-8-13(9-11-21)17(22)18(23)20-14-6-7-14/h3-5,13-14,17,22H,2,6-12H2,1H3,(H,20,23). The number of rotatable bonds is 7. The average molecular weight is 333 g/mol. The molecule has 1 unspecified atom stereocenters. The summed E-state index contributed by atoms with van der Waals surface area (Å²) in [7, 11) is 0. The number of hydrogen-bond acceptors (Lipinski definition) is 5. The summed E-state index contributed by atoms with van der Waals surface area (Å²) in [4.78, 5) is 18.8. The van der Waals surface area contributed by atoms with Gasteiger partial charge in [-0.15, -0.1) is 0 Å². The van der Waals surface area contributed by atoms with Crippen LogP contribution < -0.4 is 10.1 Å². The second-order valence-corrected chi connectivity index (χ2v) is 6.74. The zero-order valence-corrected chi connectivity index (χ0v) is 14.3. The molecule has 132 valence electrons. The van der Waals surface area contributed by atoms with E-state index in [2.05, 4.69) is 15.2 Å². The van der Waals surface area contributed by atoms with Gasteiger partial charge in [-0.25, -0.2) is 4.98 Å². The first-order chi connectivity index (χ1) is 11.7. The number of piperidine rings is 1. The van der Waals surface area contributed by atoms with Crippen molar-refractivity contribution in [1.82, 2.24) is 15.2 Å². The van der Waals surface area contributed by atoms with E-state index in [1.54, 1.807) is 0 Å². The van der Waals surface area contributed by atoms with Gasteiger partial charge in [0, 0.05) is 18.7 Å². The van der Waals surface area contributed by atoms with Gasteiger partial charge in [-0.05, 0) is 57.7 Å². The molecule has 2 fully saturated rings. The number of nitrogens with zero attached hydrogens (tertiary/aromatic N) is 2. The molecule has 1 aromatic heterocycles. The van der Waals surface area contributed by atoms with E-state index < -0.39 is 6.10 Å². The zero-order chi connectivity index (χ0) is 16.9. The van der Waals surface area contributed by atoms with Crippen molar-refractivity contribution >= 4 is 5.91 Å². The lowest BCUT2D eigenvalue weighted by Crippen LogP contribution is -2.45. The maximum absolute atomic E-state index is 12.0. The van der Waals surface area contributed by atoms with Crippen molar-refractivity contribution in [1.29, 1.82) is 0 Å². The van der Waals surface area contributed by atoms with Crippen LogP contribution in [0.5, 0.6) is 5.88 Å². The molecule has 1 aliphatic heterocycles. The van der Waals surface area contributed by atoms with E-state index in [9.17, 15) is 9.90 Å². The molecule has 1 amide bonds. The van der Waals surface area contributed by atoms with Crippen LogP contribution >= 0.6 is 0 Å². The summed E-state index contributed by atoms with van der Waals surface area (Å²) in [5, 5.41) is 13.1. The number of aliphatic hydroxyl groups excluding tert-OH is 1. The van der Waals surface area contributed by atoms with E-state index in [0.717, 1.165) is 51.0 Å². The molecule has 2 aliphatic rings. The van der Waals surface area contributed by atoms with Crippen molar-refractivity contribution < 1.29 is 14.6 Å². The Morgan fingerprint density at radius 3 is 2.79 bits per heavy atom. The predicted octanol–water partition coefficient (Wildman–Crippen LogP) is 1.33. The molecule has 1 saturated carbocycles. The van der Waals surface area contributed by atoms with Crippen LogP contribution in [0.4, 0.5) is 0 Å². The number of likely N-dealkylation sites (tertiary alicyclic amines) is 1. The Bertz CT molecular complexity index is 554. The van der Waals surface area contributed by atoms with Crippen molar-refractivity contribution in [2.75, 3.05) is 19.7 Å². The van der Waals surface area contributed by atoms with Gasteiger partial charge in [0.25, 0.3) is 0 Å². The maximum atomic E-state index is 12.0. The lowest BCUT2D eigenvalue weighted by atomic mass is 9.90. The van der Waals surface area contributed by atoms with Gasteiger partial charge < -0.3 is 15.2 Å². The zero-order valence-electron chi connectivity index (χ0n) is 14.3. The number of aliphatic hydroxyl groups is 1. The molecule has 0 aromatic carbocycles. The molecule has 1 saturated heterocycles. The summed E-state index contributed by atoms with van der Waals surface area (Å²) in [5.74, 6) is 0.529. The fourth-order valence-corrected chi connectivity index (χ4v) is 3.16. The highest BCUT2D eigenvalue weighted by Crippen LogP contribution is 2.24. The van der Waals surface area contributed by atoms with E-state index in [1.807, 2.05) is 25.1 Å². The first-order valence-electron chi connectivity index (χ1n) is 8.95. The SMILES string of the molecule is CCOc1cccc(CN2CCC(C(O)C(=O)NC3CC3)CC2)n1. The third-order valence-electron chi connectivity index (χ3n) is 4.73. The molecular weight excluding hydrogens is 306 g/mol. The Hall–Kier alpha value is -1.66. The quantitative estimate of drug-likeness (QED) is 0.787. The number of carbonyl (C=O) groups is 1. The molecule has 1 aromatic rings. The third-order valence-corrected chi connectivity index (χ3v) is 4.73. The van der Waals surface area contributed by atoms with Crippen LogP contribution in [0, 0.1) is 5.92 Å². The second kappa shape index (κ2) is 7.94. The number of ether oxygens (including phenoxy) is 1. The van der Waals surface area contributed by atoms with Gasteiger partial charge in [-0.3, -0.25) is 9.69 Å². The van der Waals surface area contributed by atoms with Gasteiger partial charge in [0.05, 0.1) is 12.3 Å². The third kappa shape index (κ3) is 4.68. The van der Waals surface area contributed by atoms with Crippen molar-refractivity contribution in [3.63, 3.8) is 0 Å². The smallest absolute Gasteiger partial charge is 0.249 e. The molecule has 1 atom stereocenters. The van der Waals surface area contributed by atoms with Gasteiger partial charge in [-0.2, -0.15) is 0 Å². The summed E-state index contributed by atoms with van der Waals surface area (Å²) in [6.07, 6.45) is 2.90. The lowest BCUT2D eigenvalue weighted by molar-refractivity contribution is -0.133. The molecule has 2 N–H and O–H groups in total. The summed E-state index contributed by atoms with van der Waals surface area (Å²) in [6, 6.07) is 6.14. The molecule has 1 aliphatic carbocycles. The Balaban J connectivity index is 1.46. The van der Waals surface area contributed by atoms with Crippen molar-refractivity contribution in [2.24, 2.45) is 5.92 Å². The minimum atomic E-state index is -0.868. The molecule has 0 bridgehead atoms. The van der Waals surface area contributed by atoms with Crippen LogP contribution in [0.2, 0.25) is 0 Å². The summed E-state index contributed by atoms with van der Waals surface area (Å²) < 4.78 is 5.44. The fourth-order valence-electron chi connectivity index (χ4n) is 3.16. The molecule has 0 radical (unpaired) electrons. The van der Waals surface area contributed by atoms with Gasteiger partial charge >= 0.3 is 0 Å². The van der Waals surface area contributed by atoms with Gasteiger partial charge in [0.2, 0.25) is 11.8 Å². The number of carbonyl (C=O) groups excluding carboxylic acids is 1. The Morgan fingerprint density at radius 2 is 2.12 bits per heavy atom. The van der Waals surface area contributed by atoms with Crippen molar-refractivity contribution in [3.8, 4) is 5.88 Å². The topological polar surface area (TPSA) is 74.7 Å². The number of pyridine rings is 1. The molecule has 6 nitrogen and oxygen atoms in total. The molecule has 24 heavy (non-hydrogen) atoms. The van der Waals surface area contributed by atoms with Crippen molar-refractivity contribution in [2.45, 2.75) is 51.3 Å². The van der Waals surface area contributed by atoms with Crippen LogP contribution in [0.15, 0.2) is 18.2 Å². The molecule has 6 heteroatoms. The van der Waals surface area contributed by atoms with Gasteiger partial charge in [-0.1, -0.05) is 6.07 Å². The van der Waals surface area contributed by atoms with E-state index in [0.29, 0.717) is 18.5 Å². The van der Waals surface area contributed by atoms with E-state index >= 15 is 0 Å². The average Bonchev–Trinajstić information content (AvgIpc) is 3.39. The van der Waals surface area contributed by atoms with Crippen LogP contribution in [-0.2, 0) is 11.3 Å². The van der Waals surface area contributed by atoms with E-state index in [-0.39, 0.29) is 11.8 Å². The van der Waals surface area contributed by atoms with Crippen LogP contribution in [0.1, 0.15) is 38.3 Å². The Labute approximate surface area is 143 Å². The molecule has 2 heterocycles. The molecule has 3 rings (SSSR count). The fraction of sp³-hybridized carbons (Fsp3) is 0.667. The van der Waals surface area contributed by atoms with E-state index in [1.165, 1.54) is 0 Å². The predicted molar refractivity (Wildman–Crippen MR) is 90.6 cm³/mol. The minimum absolute atomic E-state index is 0.0581. The number of amides is 1. The normalized spacial score (nSPS) is 20.6. The van der Waals surface area contributed by atoms with Crippen LogP contribution in [0.3, 0.4) is 0 Å². The largest absolute Gasteiger partial charge is 0.478 e. The first-order valence-corrected chi connectivity index (χ1v) is 8.95. The second-order valence-electron chi connectivity index (χ2n) is 6.74. The lowest BCUT2D eigenvalue weighted by Gasteiger charge is -2.33. The Morgan fingerprint density at radius 1 is 1.38 bits per heavy atom. The van der Waals surface area contributed by atoms with Crippen LogP contribution in [-0.4, -0.2) is 52.7 Å². The minimum Gasteiger partial charge on any atom is -0.478 e. The van der Waals surface area contributed by atoms with Crippen molar-refractivity contribution in [3.05, 3.63) is 23.9 Å². The summed E-state index contributed by atoms with van der Waals surface area (Å²) in [5.41, 5.74) is 0.992. The highest BCUT2D eigenvalue weighted by molar-refractivity contribution is 5.81. The van der Waals surface area contributed by atoms with Gasteiger partial charge in [0.15, 0.2) is 0 Å². The number of aromatic nitrogens is 1. The summed E-state index contributed by atoms with van der Waals surface area (Å²) >= 11 is 0.